The van der Waals surface area contributed by atoms with Crippen molar-refractivity contribution in [1.82, 2.24) is 10.2 Å². The van der Waals surface area contributed by atoms with E-state index in [2.05, 4.69) is 46.6 Å². The lowest BCUT2D eigenvalue weighted by molar-refractivity contribution is -0.0296. The molecule has 3 nitrogen and oxygen atoms in total. The summed E-state index contributed by atoms with van der Waals surface area (Å²) in [6, 6.07) is 11.3. The lowest BCUT2D eigenvalue weighted by Crippen LogP contribution is -2.47. The highest BCUT2D eigenvalue weighted by Crippen LogP contribution is 2.27. The second-order valence-electron chi connectivity index (χ2n) is 5.69. The Morgan fingerprint density at radius 1 is 1.25 bits per heavy atom. The van der Waals surface area contributed by atoms with E-state index in [0.29, 0.717) is 6.10 Å². The molecule has 1 N–H and O–H groups in total. The molecule has 0 bridgehead atoms. The second-order valence-corrected chi connectivity index (χ2v) is 5.69. The Morgan fingerprint density at radius 3 is 2.90 bits per heavy atom. The highest BCUT2D eigenvalue weighted by Gasteiger charge is 2.32. The summed E-state index contributed by atoms with van der Waals surface area (Å²) in [4.78, 5) is 2.59. The molecule has 0 amide bonds. The van der Waals surface area contributed by atoms with Gasteiger partial charge in [-0.2, -0.15) is 0 Å². The molecule has 1 heterocycles. The Bertz CT molecular complexity index is 428. The fourth-order valence-corrected chi connectivity index (χ4v) is 2.72. The smallest absolute Gasteiger partial charge is 0.0826 e. The molecule has 0 spiro atoms. The molecule has 1 aromatic carbocycles. The number of morpholine rings is 1. The maximum Gasteiger partial charge on any atom is 0.0826 e. The van der Waals surface area contributed by atoms with Crippen LogP contribution in [-0.2, 0) is 4.74 Å². The molecule has 1 saturated heterocycles. The number of ether oxygens (including phenoxy) is 1. The van der Waals surface area contributed by atoms with Gasteiger partial charge < -0.3 is 10.1 Å². The van der Waals surface area contributed by atoms with Crippen LogP contribution in [-0.4, -0.2) is 49.8 Å². The van der Waals surface area contributed by atoms with Gasteiger partial charge in [-0.25, -0.2) is 0 Å². The molecule has 3 heteroatoms. The summed E-state index contributed by atoms with van der Waals surface area (Å²) in [7, 11) is 0. The predicted molar refractivity (Wildman–Crippen MR) is 82.7 cm³/mol. The monoisotopic (exact) mass is 272 g/mol. The molecule has 3 rings (SSSR count). The third kappa shape index (κ3) is 4.17. The first-order chi connectivity index (χ1) is 9.92. The summed E-state index contributed by atoms with van der Waals surface area (Å²) in [5.74, 6) is 0. The molecule has 0 aromatic heterocycles. The highest BCUT2D eigenvalue weighted by molar-refractivity contribution is 5.48. The minimum atomic E-state index is 0.356. The van der Waals surface area contributed by atoms with E-state index < -0.39 is 0 Å². The fourth-order valence-electron chi connectivity index (χ4n) is 2.72. The Labute approximate surface area is 121 Å². The predicted octanol–water partition coefficient (Wildman–Crippen LogP) is 2.15. The van der Waals surface area contributed by atoms with Crippen molar-refractivity contribution in [2.45, 2.75) is 25.0 Å². The Balaban J connectivity index is 1.34. The molecule has 2 aliphatic rings. The Morgan fingerprint density at radius 2 is 2.10 bits per heavy atom. The van der Waals surface area contributed by atoms with E-state index in [9.17, 15) is 0 Å². The summed E-state index contributed by atoms with van der Waals surface area (Å²) in [6.45, 7) is 4.96. The van der Waals surface area contributed by atoms with Gasteiger partial charge in [-0.05, 0) is 18.4 Å². The molecule has 0 radical (unpaired) electrons. The zero-order valence-electron chi connectivity index (χ0n) is 12.0. The van der Waals surface area contributed by atoms with Gasteiger partial charge in [0, 0.05) is 32.2 Å². The van der Waals surface area contributed by atoms with Crippen LogP contribution in [0.25, 0.3) is 6.08 Å². The van der Waals surface area contributed by atoms with Crippen LogP contribution in [0.1, 0.15) is 18.4 Å². The van der Waals surface area contributed by atoms with Crippen molar-refractivity contribution in [3.63, 3.8) is 0 Å². The molecule has 20 heavy (non-hydrogen) atoms. The summed E-state index contributed by atoms with van der Waals surface area (Å²) < 4.78 is 5.82. The maximum absolute atomic E-state index is 5.82. The van der Waals surface area contributed by atoms with Crippen LogP contribution in [0.15, 0.2) is 36.4 Å². The van der Waals surface area contributed by atoms with Gasteiger partial charge in [0.25, 0.3) is 0 Å². The molecule has 1 aromatic rings. The molecule has 2 fully saturated rings. The topological polar surface area (TPSA) is 24.5 Å². The normalized spacial score (nSPS) is 24.3. The second kappa shape index (κ2) is 7.02. The van der Waals surface area contributed by atoms with E-state index in [-0.39, 0.29) is 0 Å². The van der Waals surface area contributed by atoms with Gasteiger partial charge >= 0.3 is 0 Å². The van der Waals surface area contributed by atoms with Crippen molar-refractivity contribution in [2.75, 3.05) is 32.8 Å². The molecular weight excluding hydrogens is 248 g/mol. The number of nitrogens with zero attached hydrogens (tertiary/aromatic N) is 1. The summed E-state index contributed by atoms with van der Waals surface area (Å²) >= 11 is 0. The standard InChI is InChI=1S/C17H24N2O/c1-2-5-15(6-3-1)7-4-10-18-13-17-14-19(11-12-20-17)16-8-9-16/h1-7,16-18H,8-14H2/b7-4+. The number of nitrogens with one attached hydrogen (secondary N) is 1. The van der Waals surface area contributed by atoms with Gasteiger partial charge in [-0.3, -0.25) is 4.90 Å². The van der Waals surface area contributed by atoms with Crippen LogP contribution < -0.4 is 5.32 Å². The lowest BCUT2D eigenvalue weighted by atomic mass is 10.2. The van der Waals surface area contributed by atoms with Crippen molar-refractivity contribution in [1.29, 1.82) is 0 Å². The van der Waals surface area contributed by atoms with Gasteiger partial charge in [-0.1, -0.05) is 42.5 Å². The zero-order valence-corrected chi connectivity index (χ0v) is 12.0. The molecular formula is C17H24N2O. The van der Waals surface area contributed by atoms with Gasteiger partial charge in [0.15, 0.2) is 0 Å². The van der Waals surface area contributed by atoms with Crippen molar-refractivity contribution < 1.29 is 4.74 Å². The van der Waals surface area contributed by atoms with E-state index in [1.165, 1.54) is 18.4 Å². The molecule has 1 saturated carbocycles. The van der Waals surface area contributed by atoms with E-state index in [1.54, 1.807) is 0 Å². The molecule has 108 valence electrons. The highest BCUT2D eigenvalue weighted by atomic mass is 16.5. The molecule has 1 aliphatic carbocycles. The van der Waals surface area contributed by atoms with Crippen LogP contribution in [0.4, 0.5) is 0 Å². The van der Waals surface area contributed by atoms with Gasteiger partial charge in [-0.15, -0.1) is 0 Å². The van der Waals surface area contributed by atoms with Crippen LogP contribution in [0, 0.1) is 0 Å². The van der Waals surface area contributed by atoms with Gasteiger partial charge in [0.05, 0.1) is 12.7 Å². The first-order valence-corrected chi connectivity index (χ1v) is 7.70. The SMILES string of the molecule is C(=C\c1ccccc1)/CNCC1CN(C2CC2)CCO1. The minimum absolute atomic E-state index is 0.356. The Hall–Kier alpha value is -1.16. The van der Waals surface area contributed by atoms with Gasteiger partial charge in [0.2, 0.25) is 0 Å². The average molecular weight is 272 g/mol. The largest absolute Gasteiger partial charge is 0.374 e. The molecule has 1 unspecified atom stereocenters. The number of hydrogen-bond donors (Lipinski definition) is 1. The van der Waals surface area contributed by atoms with E-state index in [1.807, 2.05) is 6.07 Å². The number of rotatable bonds is 6. The fraction of sp³-hybridized carbons (Fsp3) is 0.529. The first-order valence-electron chi connectivity index (χ1n) is 7.70. The van der Waals surface area contributed by atoms with Crippen LogP contribution in [0.3, 0.4) is 0 Å². The van der Waals surface area contributed by atoms with Crippen molar-refractivity contribution in [3.05, 3.63) is 42.0 Å². The first kappa shape index (κ1) is 13.8. The van der Waals surface area contributed by atoms with Crippen LogP contribution in [0.5, 0.6) is 0 Å². The average Bonchev–Trinajstić information content (AvgIpc) is 3.33. The third-order valence-electron chi connectivity index (χ3n) is 3.98. The van der Waals surface area contributed by atoms with Crippen LogP contribution >= 0.6 is 0 Å². The lowest BCUT2D eigenvalue weighted by Gasteiger charge is -2.33. The van der Waals surface area contributed by atoms with Crippen molar-refractivity contribution in [3.8, 4) is 0 Å². The van der Waals surface area contributed by atoms with E-state index >= 15 is 0 Å². The number of hydrogen-bond acceptors (Lipinski definition) is 3. The van der Waals surface area contributed by atoms with Crippen molar-refractivity contribution in [2.24, 2.45) is 0 Å². The minimum Gasteiger partial charge on any atom is -0.374 e. The molecule has 1 atom stereocenters. The summed E-state index contributed by atoms with van der Waals surface area (Å²) in [5, 5.41) is 3.47. The Kier molecular flexibility index (Phi) is 4.85. The van der Waals surface area contributed by atoms with E-state index in [4.69, 9.17) is 4.74 Å². The summed E-state index contributed by atoms with van der Waals surface area (Å²) in [6.07, 6.45) is 7.47. The maximum atomic E-state index is 5.82. The molecule has 1 aliphatic heterocycles. The third-order valence-corrected chi connectivity index (χ3v) is 3.98. The van der Waals surface area contributed by atoms with Crippen LogP contribution in [0.2, 0.25) is 0 Å². The van der Waals surface area contributed by atoms with Gasteiger partial charge in [0.1, 0.15) is 0 Å². The quantitative estimate of drug-likeness (QED) is 0.803. The number of benzene rings is 1. The summed E-state index contributed by atoms with van der Waals surface area (Å²) in [5.41, 5.74) is 1.25. The zero-order chi connectivity index (χ0) is 13.6. The van der Waals surface area contributed by atoms with Crippen molar-refractivity contribution >= 4 is 6.08 Å². The van der Waals surface area contributed by atoms with E-state index in [0.717, 1.165) is 38.8 Å².